The van der Waals surface area contributed by atoms with Gasteiger partial charge in [-0.2, -0.15) is 0 Å². The zero-order valence-corrected chi connectivity index (χ0v) is 39.1. The third-order valence-corrected chi connectivity index (χ3v) is 12.3. The van der Waals surface area contributed by atoms with Crippen molar-refractivity contribution in [2.45, 2.75) is 188 Å². The fourth-order valence-corrected chi connectivity index (χ4v) is 9.04. The molecule has 5 aliphatic heterocycles. The number of ether oxygens (including phenoxy) is 9. The zero-order chi connectivity index (χ0) is 52.8. The van der Waals surface area contributed by atoms with Gasteiger partial charge in [-0.05, 0) is 0 Å². The molecule has 0 unspecified atom stereocenters. The predicted molar refractivity (Wildman–Crippen MR) is 225 cm³/mol. The number of hydrogen-bond donors (Lipinski definition) is 17. The van der Waals surface area contributed by atoms with E-state index >= 15 is 0 Å². The molecule has 408 valence electrons. The predicted octanol–water partition coefficient (Wildman–Crippen LogP) is -11.2. The molecule has 71 heavy (non-hydrogen) atoms. The summed E-state index contributed by atoms with van der Waals surface area (Å²) in [5.74, 6) is -3.98. The summed E-state index contributed by atoms with van der Waals surface area (Å²) in [5.41, 5.74) is 0. The Kier molecular flexibility index (Phi) is 21.1. The van der Waals surface area contributed by atoms with E-state index < -0.39 is 216 Å². The van der Waals surface area contributed by atoms with Gasteiger partial charge in [-0.3, -0.25) is 24.0 Å². The maximum Gasteiger partial charge on any atom is 0.217 e. The molecule has 0 aromatic rings. The molecule has 5 heterocycles. The van der Waals surface area contributed by atoms with Crippen molar-refractivity contribution in [3.05, 3.63) is 0 Å². The molecule has 5 rings (SSSR count). The first-order chi connectivity index (χ1) is 33.5. The smallest absolute Gasteiger partial charge is 0.217 e. The largest absolute Gasteiger partial charge is 0.394 e. The molecular formula is C40H67N5O26. The fourth-order valence-electron chi connectivity index (χ4n) is 9.04. The van der Waals surface area contributed by atoms with E-state index in [9.17, 15) is 85.3 Å². The van der Waals surface area contributed by atoms with Crippen molar-refractivity contribution in [1.29, 1.82) is 0 Å². The first-order valence-corrected chi connectivity index (χ1v) is 22.6. The highest BCUT2D eigenvalue weighted by molar-refractivity contribution is 5.75. The van der Waals surface area contributed by atoms with Gasteiger partial charge < -0.3 is 130 Å². The van der Waals surface area contributed by atoms with Crippen LogP contribution in [0, 0.1) is 0 Å². The van der Waals surface area contributed by atoms with Gasteiger partial charge in [0.05, 0.1) is 33.0 Å². The second-order valence-electron chi connectivity index (χ2n) is 17.6. The normalized spacial score (nSPS) is 43.9. The van der Waals surface area contributed by atoms with Gasteiger partial charge in [-0.15, -0.1) is 0 Å². The molecule has 5 amide bonds. The van der Waals surface area contributed by atoms with E-state index in [4.69, 9.17) is 42.6 Å². The number of aliphatic hydroxyl groups excluding tert-OH is 12. The Hall–Kier alpha value is -3.49. The number of aliphatic hydroxyl groups is 12. The van der Waals surface area contributed by atoms with Crippen LogP contribution in [0.1, 0.15) is 34.6 Å². The second-order valence-corrected chi connectivity index (χ2v) is 17.6. The van der Waals surface area contributed by atoms with Crippen molar-refractivity contribution in [3.63, 3.8) is 0 Å². The zero-order valence-electron chi connectivity index (χ0n) is 39.1. The molecule has 25 atom stereocenters. The van der Waals surface area contributed by atoms with Gasteiger partial charge >= 0.3 is 0 Å². The van der Waals surface area contributed by atoms with Gasteiger partial charge in [-0.1, -0.05) is 0 Å². The Morgan fingerprint density at radius 2 is 0.563 bits per heavy atom. The monoisotopic (exact) mass is 1030 g/mol. The number of amides is 5. The van der Waals surface area contributed by atoms with Crippen LogP contribution < -0.4 is 26.6 Å². The van der Waals surface area contributed by atoms with E-state index in [1.165, 1.54) is 0 Å². The number of carbonyl (C=O) groups is 5. The van der Waals surface area contributed by atoms with Crippen molar-refractivity contribution in [3.8, 4) is 0 Å². The summed E-state index contributed by atoms with van der Waals surface area (Å²) in [6, 6.07) is -8.37. The van der Waals surface area contributed by atoms with Crippen LogP contribution >= 0.6 is 0 Å². The van der Waals surface area contributed by atoms with Crippen LogP contribution in [0.3, 0.4) is 0 Å². The van der Waals surface area contributed by atoms with Crippen molar-refractivity contribution >= 4 is 29.5 Å². The van der Waals surface area contributed by atoms with Crippen LogP contribution in [0.2, 0.25) is 0 Å². The average Bonchev–Trinajstić information content (AvgIpc) is 3.30. The van der Waals surface area contributed by atoms with Gasteiger partial charge in [0.1, 0.15) is 122 Å². The van der Waals surface area contributed by atoms with Crippen LogP contribution in [0.15, 0.2) is 0 Å². The minimum absolute atomic E-state index is 0.733. The van der Waals surface area contributed by atoms with E-state index in [-0.39, 0.29) is 0 Å². The molecule has 31 heteroatoms. The molecule has 0 aromatic carbocycles. The molecule has 5 aliphatic rings. The van der Waals surface area contributed by atoms with Gasteiger partial charge in [0.25, 0.3) is 0 Å². The lowest BCUT2D eigenvalue weighted by atomic mass is 9.92. The molecule has 0 spiro atoms. The quantitative estimate of drug-likeness (QED) is 0.0606. The van der Waals surface area contributed by atoms with Crippen LogP contribution in [-0.2, 0) is 66.6 Å². The summed E-state index contributed by atoms with van der Waals surface area (Å²) in [7, 11) is 0. The van der Waals surface area contributed by atoms with Crippen molar-refractivity contribution in [2.24, 2.45) is 0 Å². The fraction of sp³-hybridized carbons (Fsp3) is 0.875. The van der Waals surface area contributed by atoms with E-state index in [2.05, 4.69) is 26.6 Å². The highest BCUT2D eigenvalue weighted by atomic mass is 16.8. The van der Waals surface area contributed by atoms with Gasteiger partial charge in [-0.25, -0.2) is 0 Å². The minimum atomic E-state index is -1.98. The molecule has 31 nitrogen and oxygen atoms in total. The average molecular weight is 1030 g/mol. The lowest BCUT2D eigenvalue weighted by Crippen LogP contribution is -2.73. The van der Waals surface area contributed by atoms with Crippen molar-refractivity contribution in [1.82, 2.24) is 26.6 Å². The molecule has 0 saturated carbocycles. The maximum absolute atomic E-state index is 13.0. The highest BCUT2D eigenvalue weighted by Gasteiger charge is 2.58. The first kappa shape index (κ1) is 58.4. The third kappa shape index (κ3) is 13.6. The first-order valence-electron chi connectivity index (χ1n) is 22.6. The van der Waals surface area contributed by atoms with Gasteiger partial charge in [0, 0.05) is 34.6 Å². The van der Waals surface area contributed by atoms with E-state index in [0.29, 0.717) is 0 Å². The minimum Gasteiger partial charge on any atom is -0.394 e. The molecular weight excluding hydrogens is 966 g/mol. The third-order valence-electron chi connectivity index (χ3n) is 12.3. The Labute approximate surface area is 404 Å². The molecule has 0 aliphatic carbocycles. The van der Waals surface area contributed by atoms with E-state index in [1.807, 2.05) is 0 Å². The lowest BCUT2D eigenvalue weighted by Gasteiger charge is -2.52. The summed E-state index contributed by atoms with van der Waals surface area (Å²) < 4.78 is 53.4. The summed E-state index contributed by atoms with van der Waals surface area (Å²) in [6.45, 7) is 0.508. The lowest BCUT2D eigenvalue weighted by molar-refractivity contribution is -0.363. The molecule has 0 bridgehead atoms. The molecule has 5 fully saturated rings. The topological polar surface area (TPSA) is 471 Å². The van der Waals surface area contributed by atoms with Gasteiger partial charge in [0.15, 0.2) is 31.5 Å². The maximum atomic E-state index is 13.0. The van der Waals surface area contributed by atoms with Crippen molar-refractivity contribution < 1.29 is 128 Å². The number of carbonyl (C=O) groups excluding carboxylic acids is 5. The SMILES string of the molecule is CC(=O)N[C@@H]1[C@@H](O[C@@H]2O[C@H](CO)[C@@H](O)[C@H](O[C@@H]3O[C@H](CO)[C@@H](O)[C@H](O[C@@H]4O[C@H](CO)[C@@H](O)[C@H](O[C@@H]5O[C@H](CO)[C@@H](O)[C@H](O)[C@H]5NC(C)=O)[C@H]4NC(C)=O)[C@H]3NC(C)=O)[C@H]2NC(C)=O)[C@H](O)[C@@H](CO)O[C@H]1O. The van der Waals surface area contributed by atoms with Crippen molar-refractivity contribution in [2.75, 3.05) is 33.0 Å². The number of nitrogens with one attached hydrogen (secondary N) is 5. The molecule has 0 radical (unpaired) electrons. The molecule has 5 saturated heterocycles. The summed E-state index contributed by atoms with van der Waals surface area (Å²) in [6.07, 6.45) is -36.2. The second kappa shape index (κ2) is 25.6. The highest BCUT2D eigenvalue weighted by Crippen LogP contribution is 2.36. The number of hydrogen-bond acceptors (Lipinski definition) is 26. The molecule has 0 aromatic heterocycles. The Morgan fingerprint density at radius 1 is 0.338 bits per heavy atom. The van der Waals surface area contributed by atoms with Gasteiger partial charge in [0.2, 0.25) is 29.5 Å². The van der Waals surface area contributed by atoms with E-state index in [0.717, 1.165) is 34.6 Å². The van der Waals surface area contributed by atoms with Crippen LogP contribution in [0.25, 0.3) is 0 Å². The number of rotatable bonds is 18. The Balaban J connectivity index is 1.54. The summed E-state index contributed by atoms with van der Waals surface area (Å²) in [4.78, 5) is 63.0. The van der Waals surface area contributed by atoms with Crippen LogP contribution in [0.5, 0.6) is 0 Å². The summed E-state index contributed by atoms with van der Waals surface area (Å²) >= 11 is 0. The standard InChI is InChI=1S/C40H67N5O26/c1-11(51)41-21-31(61)26(56)16(6-46)64-37(21)69-33-23(43-13(3)53)39(66-18(8-48)28(33)58)71-35-25(45-15(5)55)40(67-20(10-50)30(35)60)70-34-24(44-14(4)54)38(65-19(9-49)29(34)59)68-32-22(42-12(2)52)36(62)63-17(7-47)27(32)57/h16-40,46-50,56-62H,6-10H2,1-5H3,(H,41,51)(H,42,52)(H,43,53)(H,44,54)(H,45,55)/t16-,17-,18-,19-,20-,21-,22-,23-,24-,25-,26-,27-,28-,29-,30-,31-,32-,33-,34-,35-,36-,37+,38+,39+,40+/m1/s1. The van der Waals surface area contributed by atoms with Crippen LogP contribution in [-0.4, -0.2) is 277 Å². The molecule has 17 N–H and O–H groups in total. The summed E-state index contributed by atoms with van der Waals surface area (Å²) in [5, 5.41) is 142. The Morgan fingerprint density at radius 3 is 0.845 bits per heavy atom. The Bertz CT molecular complexity index is 1790. The van der Waals surface area contributed by atoms with Crippen LogP contribution in [0.4, 0.5) is 0 Å². The van der Waals surface area contributed by atoms with E-state index in [1.54, 1.807) is 0 Å².